The molecule has 7 nitrogen and oxygen atoms in total. The summed E-state index contributed by atoms with van der Waals surface area (Å²) in [5, 5.41) is 5.85. The van der Waals surface area contributed by atoms with Gasteiger partial charge in [-0.2, -0.15) is 0 Å². The Labute approximate surface area is 288 Å². The van der Waals surface area contributed by atoms with Gasteiger partial charge in [0.1, 0.15) is 12.0 Å². The quantitative estimate of drug-likeness (QED) is 0.102. The van der Waals surface area contributed by atoms with Crippen molar-refractivity contribution in [3.05, 3.63) is 121 Å². The molecule has 0 spiro atoms. The van der Waals surface area contributed by atoms with Crippen LogP contribution in [0.15, 0.2) is 104 Å². The van der Waals surface area contributed by atoms with Crippen LogP contribution in [0.25, 0.3) is 76.8 Å². The van der Waals surface area contributed by atoms with Crippen LogP contribution < -0.4 is 4.74 Å². The average molecular weight is 713 g/mol. The Balaban J connectivity index is 0.00000314. The predicted molar refractivity (Wildman–Crippen MR) is 187 cm³/mol. The first-order chi connectivity index (χ1) is 22.9. The van der Waals surface area contributed by atoms with Crippen LogP contribution in [-0.4, -0.2) is 28.7 Å². The van der Waals surface area contributed by atoms with E-state index in [0.717, 1.165) is 76.8 Å². The number of ether oxygens (including phenoxy) is 1. The maximum absolute atomic E-state index is 6.51. The maximum atomic E-state index is 6.51. The van der Waals surface area contributed by atoms with Gasteiger partial charge < -0.3 is 13.5 Å². The summed E-state index contributed by atoms with van der Waals surface area (Å²) in [5.41, 5.74) is 8.72. The van der Waals surface area contributed by atoms with Crippen molar-refractivity contribution in [3.63, 3.8) is 0 Å². The fourth-order valence-corrected chi connectivity index (χ4v) is 6.94. The molecule has 0 aliphatic carbocycles. The first-order valence-corrected chi connectivity index (χ1v) is 15.6. The SMILES string of the molecule is CC(C)(C)c1ccc2c3ccc(Oc4[c-]c5c(cc4)c4cncnc4n4c6ccccc6nc54)[c-]c3c3nc4ccccc4n3c2c1.[Pd+2]. The van der Waals surface area contributed by atoms with Gasteiger partial charge in [0.2, 0.25) is 0 Å². The number of benzene rings is 5. The van der Waals surface area contributed by atoms with E-state index in [-0.39, 0.29) is 25.8 Å². The van der Waals surface area contributed by atoms with Gasteiger partial charge in [0, 0.05) is 28.6 Å². The van der Waals surface area contributed by atoms with Gasteiger partial charge in [-0.3, -0.25) is 9.97 Å². The molecule has 10 rings (SSSR count). The third-order valence-corrected chi connectivity index (χ3v) is 9.21. The molecular formula is C40H26N6OPd. The zero-order valence-corrected chi connectivity index (χ0v) is 27.8. The predicted octanol–water partition coefficient (Wildman–Crippen LogP) is 9.38. The molecule has 10 aromatic rings. The third kappa shape index (κ3) is 4.10. The second-order valence-corrected chi connectivity index (χ2v) is 13.1. The molecule has 0 fully saturated rings. The second kappa shape index (κ2) is 10.3. The number of para-hydroxylation sites is 4. The van der Waals surface area contributed by atoms with Crippen LogP contribution in [0, 0.1) is 12.1 Å². The number of hydrogen-bond donors (Lipinski definition) is 0. The molecule has 0 aliphatic rings. The van der Waals surface area contributed by atoms with Gasteiger partial charge in [-0.1, -0.05) is 103 Å². The fraction of sp³-hybridized carbons (Fsp3) is 0.100. The molecule has 232 valence electrons. The number of fused-ring (bicyclic) bond motifs is 16. The van der Waals surface area contributed by atoms with E-state index in [4.69, 9.17) is 14.7 Å². The van der Waals surface area contributed by atoms with Crippen LogP contribution in [-0.2, 0) is 25.8 Å². The standard InChI is InChI=1S/C40H26N6O.Pd/c1-40(2,3)23-12-15-28-26-16-13-24(19-29(26)38-43-32-8-4-6-10-34(32)45(38)36(28)18-23)47-25-14-17-27-30(20-25)39-44-33-9-5-7-11-35(33)46(39)37-31(27)21-41-22-42-37;/h4-18,21-22H,1-3H3;/q-2;+2. The van der Waals surface area contributed by atoms with Crippen molar-refractivity contribution in [2.24, 2.45) is 0 Å². The molecule has 48 heavy (non-hydrogen) atoms. The van der Waals surface area contributed by atoms with Crippen LogP contribution in [0.2, 0.25) is 0 Å². The Kier molecular flexibility index (Phi) is 6.17. The number of pyridine rings is 2. The Bertz CT molecular complexity index is 2940. The van der Waals surface area contributed by atoms with Crippen molar-refractivity contribution >= 4 is 76.8 Å². The van der Waals surface area contributed by atoms with Crippen LogP contribution in [0.4, 0.5) is 0 Å². The van der Waals surface area contributed by atoms with E-state index in [2.05, 4.69) is 100 Å². The first-order valence-electron chi connectivity index (χ1n) is 15.6. The maximum Gasteiger partial charge on any atom is 2.00 e. The van der Waals surface area contributed by atoms with Gasteiger partial charge in [-0.15, -0.1) is 12.1 Å². The van der Waals surface area contributed by atoms with E-state index in [9.17, 15) is 0 Å². The minimum atomic E-state index is 0. The fourth-order valence-electron chi connectivity index (χ4n) is 6.94. The first kappa shape index (κ1) is 28.8. The Morgan fingerprint density at radius 1 is 0.604 bits per heavy atom. The largest absolute Gasteiger partial charge is 2.00 e. The second-order valence-electron chi connectivity index (χ2n) is 13.1. The summed E-state index contributed by atoms with van der Waals surface area (Å²) in [6.07, 6.45) is 3.42. The number of aromatic nitrogens is 6. The zero-order chi connectivity index (χ0) is 31.4. The molecule has 0 aliphatic heterocycles. The van der Waals surface area contributed by atoms with Gasteiger partial charge >= 0.3 is 20.4 Å². The molecule has 0 saturated heterocycles. The molecule has 0 saturated carbocycles. The molecule has 0 amide bonds. The number of rotatable bonds is 2. The van der Waals surface area contributed by atoms with Crippen molar-refractivity contribution in [1.82, 2.24) is 28.7 Å². The molecule has 0 radical (unpaired) electrons. The normalized spacial score (nSPS) is 12.3. The van der Waals surface area contributed by atoms with Gasteiger partial charge in [-0.25, -0.2) is 9.97 Å². The average Bonchev–Trinajstić information content (AvgIpc) is 3.68. The minimum absolute atomic E-state index is 0. The summed E-state index contributed by atoms with van der Waals surface area (Å²) in [6, 6.07) is 38.3. The van der Waals surface area contributed by atoms with E-state index < -0.39 is 0 Å². The summed E-state index contributed by atoms with van der Waals surface area (Å²) in [4.78, 5) is 19.1. The van der Waals surface area contributed by atoms with E-state index in [0.29, 0.717) is 11.5 Å². The Morgan fingerprint density at radius 2 is 1.19 bits per heavy atom. The molecule has 0 atom stereocenters. The van der Waals surface area contributed by atoms with Gasteiger partial charge in [0.15, 0.2) is 0 Å². The van der Waals surface area contributed by atoms with Crippen molar-refractivity contribution in [2.45, 2.75) is 26.2 Å². The number of hydrogen-bond acceptors (Lipinski definition) is 5. The molecule has 8 heteroatoms. The van der Waals surface area contributed by atoms with Crippen molar-refractivity contribution in [1.29, 1.82) is 0 Å². The number of imidazole rings is 2. The molecule has 5 aromatic carbocycles. The third-order valence-electron chi connectivity index (χ3n) is 9.21. The Hall–Kier alpha value is -5.42. The summed E-state index contributed by atoms with van der Waals surface area (Å²) in [7, 11) is 0. The van der Waals surface area contributed by atoms with Crippen LogP contribution in [0.5, 0.6) is 11.5 Å². The molecule has 0 bridgehead atoms. The van der Waals surface area contributed by atoms with E-state index in [1.165, 1.54) is 5.56 Å². The molecule has 5 aromatic heterocycles. The number of nitrogens with zero attached hydrogens (tertiary/aromatic N) is 6. The summed E-state index contributed by atoms with van der Waals surface area (Å²) < 4.78 is 10.8. The van der Waals surface area contributed by atoms with Crippen LogP contribution in [0.3, 0.4) is 0 Å². The van der Waals surface area contributed by atoms with Crippen LogP contribution in [0.1, 0.15) is 26.3 Å². The van der Waals surface area contributed by atoms with E-state index in [1.807, 2.05) is 48.7 Å². The van der Waals surface area contributed by atoms with Crippen molar-refractivity contribution in [2.75, 3.05) is 0 Å². The Morgan fingerprint density at radius 3 is 1.85 bits per heavy atom. The summed E-state index contributed by atoms with van der Waals surface area (Å²) in [6.45, 7) is 6.74. The van der Waals surface area contributed by atoms with Crippen LogP contribution >= 0.6 is 0 Å². The molecule has 5 heterocycles. The van der Waals surface area contributed by atoms with E-state index in [1.54, 1.807) is 6.33 Å². The minimum Gasteiger partial charge on any atom is -0.497 e. The van der Waals surface area contributed by atoms with Gasteiger partial charge in [-0.05, 0) is 46.7 Å². The van der Waals surface area contributed by atoms with E-state index >= 15 is 0 Å². The monoisotopic (exact) mass is 712 g/mol. The van der Waals surface area contributed by atoms with Gasteiger partial charge in [0.05, 0.1) is 33.4 Å². The molecule has 0 unspecified atom stereocenters. The summed E-state index contributed by atoms with van der Waals surface area (Å²) >= 11 is 0. The smallest absolute Gasteiger partial charge is 0.497 e. The van der Waals surface area contributed by atoms with Gasteiger partial charge in [0.25, 0.3) is 0 Å². The molecular weight excluding hydrogens is 687 g/mol. The summed E-state index contributed by atoms with van der Waals surface area (Å²) in [5.74, 6) is 1.15. The molecule has 0 N–H and O–H groups in total. The van der Waals surface area contributed by atoms with Crippen molar-refractivity contribution in [3.8, 4) is 11.5 Å². The zero-order valence-electron chi connectivity index (χ0n) is 26.2. The van der Waals surface area contributed by atoms with Crippen molar-refractivity contribution < 1.29 is 25.2 Å². The topological polar surface area (TPSA) is 69.6 Å².